The van der Waals surface area contributed by atoms with Crippen molar-refractivity contribution in [1.29, 1.82) is 0 Å². The Hall–Kier alpha value is -3.69. The van der Waals surface area contributed by atoms with E-state index in [4.69, 9.17) is 17.3 Å². The molecular formula is C23H22ClN7O2. The van der Waals surface area contributed by atoms with Crippen molar-refractivity contribution in [2.45, 2.75) is 20.4 Å². The molecule has 4 rings (SSSR count). The van der Waals surface area contributed by atoms with Gasteiger partial charge < -0.3 is 11.1 Å². The second-order valence-corrected chi connectivity index (χ2v) is 7.93. The Morgan fingerprint density at radius 1 is 1.12 bits per heavy atom. The highest BCUT2D eigenvalue weighted by Crippen LogP contribution is 2.31. The van der Waals surface area contributed by atoms with Crippen LogP contribution in [0.1, 0.15) is 11.5 Å². The first-order valence-corrected chi connectivity index (χ1v) is 10.7. The fraction of sp³-hybridized carbons (Fsp3) is 0.217. The van der Waals surface area contributed by atoms with Gasteiger partial charge in [-0.15, -0.1) is 0 Å². The van der Waals surface area contributed by atoms with Gasteiger partial charge in [0.2, 0.25) is 5.91 Å². The van der Waals surface area contributed by atoms with Crippen molar-refractivity contribution >= 4 is 28.5 Å². The Kier molecular flexibility index (Phi) is 6.43. The van der Waals surface area contributed by atoms with Crippen LogP contribution in [0.4, 0.5) is 0 Å². The molecule has 0 saturated heterocycles. The third-order valence-corrected chi connectivity index (χ3v) is 5.34. The van der Waals surface area contributed by atoms with E-state index in [1.165, 1.54) is 4.57 Å². The smallest absolute Gasteiger partial charge is 0.260 e. The maximum atomic E-state index is 13.5. The molecular weight excluding hydrogens is 442 g/mol. The van der Waals surface area contributed by atoms with Crippen LogP contribution in [0.3, 0.4) is 0 Å². The lowest BCUT2D eigenvalue weighted by molar-refractivity contribution is -0.121. The van der Waals surface area contributed by atoms with Crippen molar-refractivity contribution < 1.29 is 4.79 Å². The van der Waals surface area contributed by atoms with E-state index in [9.17, 15) is 9.59 Å². The Balaban J connectivity index is 1.84. The van der Waals surface area contributed by atoms with Crippen LogP contribution in [-0.2, 0) is 11.3 Å². The molecule has 3 aromatic heterocycles. The molecule has 3 N–H and O–H groups in total. The summed E-state index contributed by atoms with van der Waals surface area (Å²) in [5.41, 5.74) is 8.58. The fourth-order valence-electron chi connectivity index (χ4n) is 3.49. The Morgan fingerprint density at radius 2 is 1.94 bits per heavy atom. The SMILES string of the molecule is Cc1cncc(-c2ccc(-c3cc4cnc(C)nc4n(CC(=O)NCCN)c3=O)c(Cl)c2)n1. The van der Waals surface area contributed by atoms with Gasteiger partial charge in [-0.25, -0.2) is 15.0 Å². The van der Waals surface area contributed by atoms with Gasteiger partial charge in [0.1, 0.15) is 18.0 Å². The average molecular weight is 464 g/mol. The number of halogens is 1. The van der Waals surface area contributed by atoms with Crippen LogP contribution in [0, 0.1) is 13.8 Å². The van der Waals surface area contributed by atoms with Crippen LogP contribution in [-0.4, -0.2) is 43.5 Å². The molecule has 33 heavy (non-hydrogen) atoms. The third-order valence-electron chi connectivity index (χ3n) is 5.03. The number of nitrogens with one attached hydrogen (secondary N) is 1. The molecule has 10 heteroatoms. The molecule has 4 aromatic rings. The highest BCUT2D eigenvalue weighted by Gasteiger charge is 2.17. The van der Waals surface area contributed by atoms with Gasteiger partial charge in [0.05, 0.1) is 17.6 Å². The number of hydrogen-bond acceptors (Lipinski definition) is 7. The first-order valence-electron chi connectivity index (χ1n) is 10.3. The molecule has 3 heterocycles. The maximum absolute atomic E-state index is 13.5. The van der Waals surface area contributed by atoms with E-state index < -0.39 is 0 Å². The van der Waals surface area contributed by atoms with Crippen LogP contribution in [0.15, 0.2) is 47.7 Å². The van der Waals surface area contributed by atoms with Gasteiger partial charge >= 0.3 is 0 Å². The molecule has 0 fully saturated rings. The fourth-order valence-corrected chi connectivity index (χ4v) is 3.77. The summed E-state index contributed by atoms with van der Waals surface area (Å²) in [4.78, 5) is 43.1. The number of fused-ring (bicyclic) bond motifs is 1. The number of amides is 1. The van der Waals surface area contributed by atoms with Crippen molar-refractivity contribution in [3.8, 4) is 22.4 Å². The van der Waals surface area contributed by atoms with E-state index >= 15 is 0 Å². The summed E-state index contributed by atoms with van der Waals surface area (Å²) in [6.07, 6.45) is 4.95. The van der Waals surface area contributed by atoms with Crippen molar-refractivity contribution in [3.05, 3.63) is 69.8 Å². The zero-order chi connectivity index (χ0) is 23.5. The first kappa shape index (κ1) is 22.5. The monoisotopic (exact) mass is 463 g/mol. The van der Waals surface area contributed by atoms with Crippen LogP contribution in [0.25, 0.3) is 33.4 Å². The quantitative estimate of drug-likeness (QED) is 0.448. The Bertz CT molecular complexity index is 1420. The summed E-state index contributed by atoms with van der Waals surface area (Å²) < 4.78 is 1.33. The van der Waals surface area contributed by atoms with E-state index in [1.54, 1.807) is 43.7 Å². The standard InChI is InChI=1S/C23H22ClN7O2/c1-13-9-26-11-20(29-13)15-3-4-17(19(24)8-15)18-7-16-10-28-14(2)30-22(16)31(23(18)33)12-21(32)27-6-5-25/h3-4,7-11H,5-6,12,25H2,1-2H3,(H,27,32). The lowest BCUT2D eigenvalue weighted by Crippen LogP contribution is -2.35. The average Bonchev–Trinajstić information content (AvgIpc) is 2.80. The largest absolute Gasteiger partial charge is 0.353 e. The summed E-state index contributed by atoms with van der Waals surface area (Å²) in [6, 6.07) is 7.03. The van der Waals surface area contributed by atoms with Crippen molar-refractivity contribution in [3.63, 3.8) is 0 Å². The minimum atomic E-state index is -0.381. The number of aryl methyl sites for hydroxylation is 2. The van der Waals surface area contributed by atoms with E-state index in [-0.39, 0.29) is 18.0 Å². The van der Waals surface area contributed by atoms with Gasteiger partial charge in [-0.05, 0) is 26.0 Å². The van der Waals surface area contributed by atoms with E-state index in [1.807, 2.05) is 13.0 Å². The van der Waals surface area contributed by atoms with Gasteiger partial charge in [0.15, 0.2) is 0 Å². The second kappa shape index (κ2) is 9.43. The van der Waals surface area contributed by atoms with Gasteiger partial charge in [0.25, 0.3) is 5.56 Å². The van der Waals surface area contributed by atoms with Crippen molar-refractivity contribution in [1.82, 2.24) is 29.8 Å². The summed E-state index contributed by atoms with van der Waals surface area (Å²) >= 11 is 6.61. The molecule has 0 bridgehead atoms. The number of carbonyl (C=O) groups is 1. The molecule has 0 aliphatic heterocycles. The van der Waals surface area contributed by atoms with E-state index in [0.717, 1.165) is 11.3 Å². The highest BCUT2D eigenvalue weighted by molar-refractivity contribution is 6.33. The number of aromatic nitrogens is 5. The number of nitrogens with two attached hydrogens (primary N) is 1. The van der Waals surface area contributed by atoms with Crippen molar-refractivity contribution in [2.24, 2.45) is 5.73 Å². The summed E-state index contributed by atoms with van der Waals surface area (Å²) in [5, 5.41) is 3.67. The molecule has 0 radical (unpaired) electrons. The summed E-state index contributed by atoms with van der Waals surface area (Å²) in [5.74, 6) is 0.157. The van der Waals surface area contributed by atoms with Crippen LogP contribution in [0.2, 0.25) is 5.02 Å². The molecule has 0 atom stereocenters. The van der Waals surface area contributed by atoms with Gasteiger partial charge in [0, 0.05) is 52.6 Å². The Labute approximate surface area is 194 Å². The molecule has 168 valence electrons. The minimum Gasteiger partial charge on any atom is -0.353 e. The zero-order valence-electron chi connectivity index (χ0n) is 18.2. The third kappa shape index (κ3) is 4.74. The number of carbonyl (C=O) groups excluding carboxylic acids is 1. The van der Waals surface area contributed by atoms with Crippen LogP contribution < -0.4 is 16.6 Å². The van der Waals surface area contributed by atoms with Crippen LogP contribution in [0.5, 0.6) is 0 Å². The lowest BCUT2D eigenvalue weighted by Gasteiger charge is -2.14. The van der Waals surface area contributed by atoms with E-state index in [2.05, 4.69) is 25.3 Å². The zero-order valence-corrected chi connectivity index (χ0v) is 18.9. The Morgan fingerprint density at radius 3 is 2.67 bits per heavy atom. The lowest BCUT2D eigenvalue weighted by atomic mass is 10.0. The normalized spacial score (nSPS) is 11.0. The summed E-state index contributed by atoms with van der Waals surface area (Å²) in [7, 11) is 0. The molecule has 0 aliphatic carbocycles. The molecule has 0 saturated carbocycles. The molecule has 0 spiro atoms. The predicted octanol–water partition coefficient (Wildman–Crippen LogP) is 2.26. The maximum Gasteiger partial charge on any atom is 0.260 e. The number of benzene rings is 1. The number of pyridine rings is 1. The second-order valence-electron chi connectivity index (χ2n) is 7.52. The minimum absolute atomic E-state index is 0.200. The number of hydrogen-bond donors (Lipinski definition) is 2. The van der Waals surface area contributed by atoms with Gasteiger partial charge in [-0.1, -0.05) is 23.7 Å². The molecule has 1 amide bonds. The molecule has 9 nitrogen and oxygen atoms in total. The number of rotatable bonds is 6. The number of nitrogens with zero attached hydrogens (tertiary/aromatic N) is 5. The van der Waals surface area contributed by atoms with E-state index in [0.29, 0.717) is 51.8 Å². The van der Waals surface area contributed by atoms with Gasteiger partial charge in [-0.3, -0.25) is 19.1 Å². The predicted molar refractivity (Wildman–Crippen MR) is 127 cm³/mol. The van der Waals surface area contributed by atoms with Crippen LogP contribution >= 0.6 is 11.6 Å². The molecule has 1 aromatic carbocycles. The highest BCUT2D eigenvalue weighted by atomic mass is 35.5. The first-order chi connectivity index (χ1) is 15.9. The molecule has 0 unspecified atom stereocenters. The van der Waals surface area contributed by atoms with Crippen molar-refractivity contribution in [2.75, 3.05) is 13.1 Å². The topological polar surface area (TPSA) is 129 Å². The van der Waals surface area contributed by atoms with Gasteiger partial charge in [-0.2, -0.15) is 0 Å². The molecule has 0 aliphatic rings. The summed E-state index contributed by atoms with van der Waals surface area (Å²) in [6.45, 7) is 4.00.